The number of thioether (sulfide) groups is 1. The minimum absolute atomic E-state index is 0.100. The second-order valence-corrected chi connectivity index (χ2v) is 7.14. The molecule has 0 saturated carbocycles. The van der Waals surface area contributed by atoms with Crippen LogP contribution in [0.15, 0.2) is 48.5 Å². The minimum atomic E-state index is 0.100. The van der Waals surface area contributed by atoms with E-state index < -0.39 is 0 Å². The van der Waals surface area contributed by atoms with Crippen molar-refractivity contribution in [3.63, 3.8) is 0 Å². The number of rotatable bonds is 8. The van der Waals surface area contributed by atoms with Crippen LogP contribution in [0.4, 0.5) is 5.69 Å². The largest absolute Gasteiger partial charge is 0.493 e. The maximum atomic E-state index is 11.4. The first-order valence-electron chi connectivity index (χ1n) is 8.48. The predicted octanol–water partition coefficient (Wildman–Crippen LogP) is 4.32. The van der Waals surface area contributed by atoms with Crippen LogP contribution in [-0.2, 0) is 17.6 Å². The molecule has 3 rings (SSSR count). The van der Waals surface area contributed by atoms with Gasteiger partial charge in [0.05, 0.1) is 6.61 Å². The summed E-state index contributed by atoms with van der Waals surface area (Å²) < 4.78 is 5.83. The molecule has 0 unspecified atom stereocenters. The molecule has 0 saturated heterocycles. The minimum Gasteiger partial charge on any atom is -0.493 e. The SMILES string of the molecule is O=C1CCc2cc(OCCSCCCc3ccccc3)ccc2N1. The second-order valence-electron chi connectivity index (χ2n) is 5.92. The Labute approximate surface area is 147 Å². The number of benzene rings is 2. The zero-order chi connectivity index (χ0) is 16.6. The average molecular weight is 341 g/mol. The summed E-state index contributed by atoms with van der Waals surface area (Å²) in [6.07, 6.45) is 3.71. The maximum Gasteiger partial charge on any atom is 0.224 e. The lowest BCUT2D eigenvalue weighted by Crippen LogP contribution is -2.18. The van der Waals surface area contributed by atoms with Gasteiger partial charge in [-0.1, -0.05) is 30.3 Å². The Morgan fingerprint density at radius 2 is 1.92 bits per heavy atom. The van der Waals surface area contributed by atoms with E-state index in [0.29, 0.717) is 6.42 Å². The van der Waals surface area contributed by atoms with E-state index in [-0.39, 0.29) is 5.91 Å². The predicted molar refractivity (Wildman–Crippen MR) is 101 cm³/mol. The van der Waals surface area contributed by atoms with Crippen LogP contribution in [0.3, 0.4) is 0 Å². The molecule has 0 bridgehead atoms. The average Bonchev–Trinajstić information content (AvgIpc) is 2.62. The number of anilines is 1. The van der Waals surface area contributed by atoms with Crippen LogP contribution in [0.1, 0.15) is 24.0 Å². The first-order valence-corrected chi connectivity index (χ1v) is 9.64. The molecule has 1 heterocycles. The van der Waals surface area contributed by atoms with E-state index in [0.717, 1.165) is 42.4 Å². The van der Waals surface area contributed by atoms with Crippen LogP contribution in [0.2, 0.25) is 0 Å². The molecule has 2 aromatic rings. The third-order valence-corrected chi connectivity index (χ3v) is 5.10. The third kappa shape index (κ3) is 5.03. The highest BCUT2D eigenvalue weighted by molar-refractivity contribution is 7.99. The number of nitrogens with one attached hydrogen (secondary N) is 1. The van der Waals surface area contributed by atoms with Crippen molar-refractivity contribution in [2.45, 2.75) is 25.7 Å². The fourth-order valence-electron chi connectivity index (χ4n) is 2.79. The molecule has 1 N–H and O–H groups in total. The Morgan fingerprint density at radius 3 is 2.79 bits per heavy atom. The summed E-state index contributed by atoms with van der Waals surface area (Å²) in [5, 5.41) is 2.89. The van der Waals surface area contributed by atoms with Gasteiger partial charge in [-0.15, -0.1) is 0 Å². The number of ether oxygens (including phenoxy) is 1. The van der Waals surface area contributed by atoms with Crippen molar-refractivity contribution in [2.24, 2.45) is 0 Å². The maximum absolute atomic E-state index is 11.4. The second kappa shape index (κ2) is 8.78. The Balaban J connectivity index is 1.31. The monoisotopic (exact) mass is 341 g/mol. The van der Waals surface area contributed by atoms with E-state index >= 15 is 0 Å². The standard InChI is InChI=1S/C20H23NO2S/c22-20-11-8-17-15-18(9-10-19(17)21-20)23-12-14-24-13-4-7-16-5-2-1-3-6-16/h1-3,5-6,9-10,15H,4,7-8,11-14H2,(H,21,22). The molecule has 0 spiro atoms. The quantitative estimate of drug-likeness (QED) is 0.727. The number of aryl methyl sites for hydroxylation is 2. The van der Waals surface area contributed by atoms with Gasteiger partial charge in [-0.05, 0) is 54.3 Å². The topological polar surface area (TPSA) is 38.3 Å². The molecule has 0 aliphatic carbocycles. The van der Waals surface area contributed by atoms with Crippen LogP contribution in [0.5, 0.6) is 5.75 Å². The zero-order valence-corrected chi connectivity index (χ0v) is 14.6. The fraction of sp³-hybridized carbons (Fsp3) is 0.350. The number of hydrogen-bond acceptors (Lipinski definition) is 3. The lowest BCUT2D eigenvalue weighted by atomic mass is 10.0. The van der Waals surface area contributed by atoms with Gasteiger partial charge < -0.3 is 10.1 Å². The Kier molecular flexibility index (Phi) is 6.19. The third-order valence-electron chi connectivity index (χ3n) is 4.07. The molecule has 3 nitrogen and oxygen atoms in total. The van der Waals surface area contributed by atoms with Gasteiger partial charge in [0.15, 0.2) is 0 Å². The van der Waals surface area contributed by atoms with E-state index in [1.165, 1.54) is 17.5 Å². The molecule has 4 heteroatoms. The number of fused-ring (bicyclic) bond motifs is 1. The van der Waals surface area contributed by atoms with E-state index in [4.69, 9.17) is 4.74 Å². The van der Waals surface area contributed by atoms with Gasteiger partial charge >= 0.3 is 0 Å². The highest BCUT2D eigenvalue weighted by atomic mass is 32.2. The van der Waals surface area contributed by atoms with Gasteiger partial charge in [-0.2, -0.15) is 11.8 Å². The van der Waals surface area contributed by atoms with Gasteiger partial charge in [-0.3, -0.25) is 4.79 Å². The number of carbonyl (C=O) groups excluding carboxylic acids is 1. The van der Waals surface area contributed by atoms with Gasteiger partial charge in [0.2, 0.25) is 5.91 Å². The van der Waals surface area contributed by atoms with Gasteiger partial charge in [0, 0.05) is 17.9 Å². The molecule has 126 valence electrons. The van der Waals surface area contributed by atoms with Gasteiger partial charge in [-0.25, -0.2) is 0 Å². The van der Waals surface area contributed by atoms with E-state index in [1.54, 1.807) is 0 Å². The Hall–Kier alpha value is -1.94. The van der Waals surface area contributed by atoms with Crippen molar-refractivity contribution in [3.8, 4) is 5.75 Å². The fourth-order valence-corrected chi connectivity index (χ4v) is 3.55. The smallest absolute Gasteiger partial charge is 0.224 e. The molecule has 0 atom stereocenters. The molecule has 1 amide bonds. The highest BCUT2D eigenvalue weighted by Gasteiger charge is 2.14. The van der Waals surface area contributed by atoms with Gasteiger partial charge in [0.1, 0.15) is 5.75 Å². The number of hydrogen-bond donors (Lipinski definition) is 1. The summed E-state index contributed by atoms with van der Waals surface area (Å²) in [5.74, 6) is 3.16. The van der Waals surface area contributed by atoms with E-state index in [9.17, 15) is 4.79 Å². The highest BCUT2D eigenvalue weighted by Crippen LogP contribution is 2.26. The normalized spacial score (nSPS) is 13.2. The lowest BCUT2D eigenvalue weighted by molar-refractivity contribution is -0.116. The summed E-state index contributed by atoms with van der Waals surface area (Å²) in [6.45, 7) is 0.723. The molecule has 0 fully saturated rings. The van der Waals surface area contributed by atoms with Gasteiger partial charge in [0.25, 0.3) is 0 Å². The van der Waals surface area contributed by atoms with Crippen LogP contribution in [0, 0.1) is 0 Å². The van der Waals surface area contributed by atoms with Crippen LogP contribution in [-0.4, -0.2) is 24.0 Å². The summed E-state index contributed by atoms with van der Waals surface area (Å²) in [6, 6.07) is 16.6. The first-order chi connectivity index (χ1) is 11.8. The molecule has 0 radical (unpaired) electrons. The Bertz CT molecular complexity index is 673. The van der Waals surface area contributed by atoms with Crippen LogP contribution >= 0.6 is 11.8 Å². The molecule has 0 aromatic heterocycles. The Morgan fingerprint density at radius 1 is 1.04 bits per heavy atom. The summed E-state index contributed by atoms with van der Waals surface area (Å²) in [4.78, 5) is 11.4. The summed E-state index contributed by atoms with van der Waals surface area (Å²) >= 11 is 1.94. The molecule has 1 aliphatic rings. The van der Waals surface area contributed by atoms with Crippen molar-refractivity contribution >= 4 is 23.4 Å². The zero-order valence-electron chi connectivity index (χ0n) is 13.8. The summed E-state index contributed by atoms with van der Waals surface area (Å²) in [7, 11) is 0. The van der Waals surface area contributed by atoms with E-state index in [1.807, 2.05) is 23.9 Å². The van der Waals surface area contributed by atoms with Crippen LogP contribution in [0.25, 0.3) is 0 Å². The van der Waals surface area contributed by atoms with Crippen LogP contribution < -0.4 is 10.1 Å². The van der Waals surface area contributed by atoms with Crippen molar-refractivity contribution in [1.29, 1.82) is 0 Å². The van der Waals surface area contributed by atoms with Crippen molar-refractivity contribution in [1.82, 2.24) is 0 Å². The molecular formula is C20H23NO2S. The van der Waals surface area contributed by atoms with Crippen molar-refractivity contribution in [2.75, 3.05) is 23.4 Å². The van der Waals surface area contributed by atoms with Crippen molar-refractivity contribution in [3.05, 3.63) is 59.7 Å². The first kappa shape index (κ1) is 16.9. The molecule has 2 aromatic carbocycles. The number of carbonyl (C=O) groups is 1. The van der Waals surface area contributed by atoms with Crippen molar-refractivity contribution < 1.29 is 9.53 Å². The number of amides is 1. The lowest BCUT2D eigenvalue weighted by Gasteiger charge is -2.17. The molecule has 24 heavy (non-hydrogen) atoms. The summed E-state index contributed by atoms with van der Waals surface area (Å²) in [5.41, 5.74) is 3.51. The molecule has 1 aliphatic heterocycles. The molecular weight excluding hydrogens is 318 g/mol. The van der Waals surface area contributed by atoms with E-state index in [2.05, 4.69) is 41.7 Å².